The summed E-state index contributed by atoms with van der Waals surface area (Å²) in [4.78, 5) is 16.0. The van der Waals surface area contributed by atoms with E-state index in [1.54, 1.807) is 13.2 Å². The molecule has 2 unspecified atom stereocenters. The molecule has 2 aromatic rings. The van der Waals surface area contributed by atoms with E-state index in [1.165, 1.54) is 0 Å². The maximum atomic E-state index is 12.6. The van der Waals surface area contributed by atoms with Gasteiger partial charge >= 0.3 is 0 Å². The van der Waals surface area contributed by atoms with Gasteiger partial charge in [0.05, 0.1) is 6.10 Å². The molecule has 1 aromatic heterocycles. The van der Waals surface area contributed by atoms with Gasteiger partial charge < -0.3 is 14.8 Å². The Morgan fingerprint density at radius 1 is 1.24 bits per heavy atom. The molecule has 130 valence electrons. The van der Waals surface area contributed by atoms with E-state index in [9.17, 15) is 4.79 Å². The Balaban J connectivity index is 2.02. The van der Waals surface area contributed by atoms with Crippen molar-refractivity contribution in [3.63, 3.8) is 0 Å². The quantitative estimate of drug-likeness (QED) is 0.621. The van der Waals surface area contributed by atoms with Crippen LogP contribution in [0.1, 0.15) is 12.8 Å². The number of methoxy groups -OCH3 is 1. The van der Waals surface area contributed by atoms with Gasteiger partial charge in [-0.15, -0.1) is 0 Å². The summed E-state index contributed by atoms with van der Waals surface area (Å²) < 4.78 is 5.59. The molecule has 1 aliphatic carbocycles. The smallest absolute Gasteiger partial charge is 0.189 e. The van der Waals surface area contributed by atoms with Crippen molar-refractivity contribution < 1.29 is 9.84 Å². The highest BCUT2D eigenvalue weighted by molar-refractivity contribution is 5.59. The summed E-state index contributed by atoms with van der Waals surface area (Å²) in [6.07, 6.45) is 9.45. The highest BCUT2D eigenvalue weighted by Crippen LogP contribution is 2.16. The zero-order chi connectivity index (χ0) is 17.6. The molecule has 0 radical (unpaired) electrons. The maximum Gasteiger partial charge on any atom is 0.189 e. The van der Waals surface area contributed by atoms with Crippen LogP contribution in [-0.2, 0) is 4.74 Å². The molecule has 0 bridgehead atoms. The molecule has 0 aliphatic heterocycles. The van der Waals surface area contributed by atoms with E-state index in [-0.39, 0.29) is 24.1 Å². The van der Waals surface area contributed by atoms with Crippen LogP contribution < -0.4 is 16.0 Å². The molecule has 25 heavy (non-hydrogen) atoms. The predicted molar refractivity (Wildman–Crippen MR) is 100 cm³/mol. The number of H-pyrrole nitrogens is 1. The fraction of sp³-hybridized carbons (Fsp3) is 0.286. The van der Waals surface area contributed by atoms with Gasteiger partial charge in [-0.1, -0.05) is 48.6 Å². The monoisotopic (exact) mass is 337 g/mol. The van der Waals surface area contributed by atoms with Gasteiger partial charge in [0, 0.05) is 42.0 Å². The fourth-order valence-corrected chi connectivity index (χ4v) is 3.08. The first-order valence-electron chi connectivity index (χ1n) is 8.55. The Kier molecular flexibility index (Phi) is 5.64. The molecular formula is C21H23NO3. The van der Waals surface area contributed by atoms with E-state index in [0.717, 1.165) is 29.4 Å². The summed E-state index contributed by atoms with van der Waals surface area (Å²) in [7, 11) is 1.67. The minimum Gasteiger partial charge on any atom is -0.396 e. The van der Waals surface area contributed by atoms with E-state index >= 15 is 0 Å². The van der Waals surface area contributed by atoms with Crippen molar-refractivity contribution in [2.45, 2.75) is 18.9 Å². The molecular weight excluding hydrogens is 314 g/mol. The lowest BCUT2D eigenvalue weighted by molar-refractivity contribution is 0.136. The number of aliphatic hydroxyl groups excluding tert-OH is 1. The number of ether oxygens (including phenoxy) is 1. The van der Waals surface area contributed by atoms with Crippen molar-refractivity contribution in [2.24, 2.45) is 5.92 Å². The van der Waals surface area contributed by atoms with Crippen molar-refractivity contribution in [1.29, 1.82) is 0 Å². The number of nitrogens with one attached hydrogen (secondary N) is 1. The van der Waals surface area contributed by atoms with E-state index in [0.29, 0.717) is 5.22 Å². The molecule has 0 saturated carbocycles. The van der Waals surface area contributed by atoms with Crippen LogP contribution in [0, 0.1) is 5.92 Å². The molecule has 1 aliphatic rings. The molecule has 1 aromatic carbocycles. The van der Waals surface area contributed by atoms with Crippen molar-refractivity contribution >= 4 is 12.2 Å². The van der Waals surface area contributed by atoms with Gasteiger partial charge in [-0.05, 0) is 24.5 Å². The fourth-order valence-electron chi connectivity index (χ4n) is 3.08. The van der Waals surface area contributed by atoms with E-state index in [1.807, 2.05) is 54.6 Å². The lowest BCUT2D eigenvalue weighted by Gasteiger charge is -2.20. The molecule has 0 amide bonds. The second kappa shape index (κ2) is 8.10. The molecule has 2 N–H and O–H groups in total. The normalized spacial score (nSPS) is 19.3. The van der Waals surface area contributed by atoms with Crippen LogP contribution in [0.4, 0.5) is 0 Å². The first-order chi connectivity index (χ1) is 12.2. The van der Waals surface area contributed by atoms with Crippen molar-refractivity contribution in [1.82, 2.24) is 4.98 Å². The number of aromatic amines is 1. The lowest BCUT2D eigenvalue weighted by atomic mass is 9.94. The third kappa shape index (κ3) is 3.98. The van der Waals surface area contributed by atoms with E-state index < -0.39 is 0 Å². The topological polar surface area (TPSA) is 62.3 Å². The zero-order valence-corrected chi connectivity index (χ0v) is 14.3. The Morgan fingerprint density at radius 2 is 2.04 bits per heavy atom. The van der Waals surface area contributed by atoms with Gasteiger partial charge in [0.25, 0.3) is 0 Å². The summed E-state index contributed by atoms with van der Waals surface area (Å²) in [5.74, 6) is 0.0138. The van der Waals surface area contributed by atoms with Crippen LogP contribution in [0.15, 0.2) is 53.3 Å². The second-order valence-corrected chi connectivity index (χ2v) is 6.15. The van der Waals surface area contributed by atoms with Gasteiger partial charge in [0.2, 0.25) is 0 Å². The minimum atomic E-state index is -0.125. The number of hydrogen-bond donors (Lipinski definition) is 2. The molecule has 0 fully saturated rings. The largest absolute Gasteiger partial charge is 0.396 e. The number of aliphatic hydroxyl groups is 1. The number of hydrogen-bond acceptors (Lipinski definition) is 3. The lowest BCUT2D eigenvalue weighted by Crippen LogP contribution is -2.46. The molecule has 0 spiro atoms. The van der Waals surface area contributed by atoms with Crippen LogP contribution in [-0.4, -0.2) is 29.9 Å². The first kappa shape index (κ1) is 17.4. The molecule has 1 heterocycles. The van der Waals surface area contributed by atoms with Gasteiger partial charge in [0.15, 0.2) is 5.43 Å². The van der Waals surface area contributed by atoms with Crippen LogP contribution in [0.2, 0.25) is 0 Å². The number of rotatable bonds is 6. The van der Waals surface area contributed by atoms with Crippen LogP contribution >= 0.6 is 0 Å². The number of pyridine rings is 1. The average Bonchev–Trinajstić information content (AvgIpc) is 2.65. The number of unbranched alkanes of at least 4 members (excludes halogenated alkanes) is 1. The summed E-state index contributed by atoms with van der Waals surface area (Å²) >= 11 is 0. The number of allylic oxidation sites excluding steroid dienone is 1. The standard InChI is InChI=1S/C21H23NO3/c1-25-21-14-19-17(12-16(21)10-6-3-7-11-23)20(24)13-18(22-19)15-8-4-2-5-9-15/h2,4-6,8-10,12-14,16,21-23H,3,7,11H2,1H3. The predicted octanol–water partition coefficient (Wildman–Crippen LogP) is 1.58. The summed E-state index contributed by atoms with van der Waals surface area (Å²) in [5.41, 5.74) is 1.80. The van der Waals surface area contributed by atoms with Crippen LogP contribution in [0.3, 0.4) is 0 Å². The highest BCUT2D eigenvalue weighted by Gasteiger charge is 2.18. The number of aromatic nitrogens is 1. The molecule has 3 rings (SSSR count). The van der Waals surface area contributed by atoms with E-state index in [2.05, 4.69) is 4.98 Å². The number of fused-ring (bicyclic) bond motifs is 1. The Hall–Kier alpha value is -2.43. The van der Waals surface area contributed by atoms with Gasteiger partial charge in [-0.3, -0.25) is 4.79 Å². The minimum absolute atomic E-state index is 0.00663. The summed E-state index contributed by atoms with van der Waals surface area (Å²) in [6.45, 7) is 0.184. The van der Waals surface area contributed by atoms with Crippen molar-refractivity contribution in [3.05, 3.63) is 69.3 Å². The maximum absolute atomic E-state index is 12.6. The number of benzene rings is 1. The van der Waals surface area contributed by atoms with Crippen molar-refractivity contribution in [3.8, 4) is 11.3 Å². The third-order valence-corrected chi connectivity index (χ3v) is 4.41. The van der Waals surface area contributed by atoms with Gasteiger partial charge in [0.1, 0.15) is 0 Å². The van der Waals surface area contributed by atoms with Crippen molar-refractivity contribution in [2.75, 3.05) is 13.7 Å². The summed E-state index contributed by atoms with van der Waals surface area (Å²) in [5, 5.41) is 10.4. The average molecular weight is 337 g/mol. The molecule has 4 heteroatoms. The highest BCUT2D eigenvalue weighted by atomic mass is 16.5. The zero-order valence-electron chi connectivity index (χ0n) is 14.3. The van der Waals surface area contributed by atoms with Gasteiger partial charge in [-0.2, -0.15) is 0 Å². The van der Waals surface area contributed by atoms with Crippen LogP contribution in [0.5, 0.6) is 0 Å². The first-order valence-corrected chi connectivity index (χ1v) is 8.55. The Labute approximate surface area is 146 Å². The van der Waals surface area contributed by atoms with Gasteiger partial charge in [-0.25, -0.2) is 0 Å². The Bertz CT molecular complexity index is 912. The summed E-state index contributed by atoms with van der Waals surface area (Å²) in [6, 6.07) is 11.5. The SMILES string of the molecule is COC1C=c2[nH]c(-c3ccccc3)cc(=O)c2=CC1C=CCCCO. The Morgan fingerprint density at radius 3 is 2.76 bits per heavy atom. The van der Waals surface area contributed by atoms with E-state index in [4.69, 9.17) is 9.84 Å². The third-order valence-electron chi connectivity index (χ3n) is 4.41. The molecule has 0 saturated heterocycles. The molecule has 2 atom stereocenters. The van der Waals surface area contributed by atoms with Crippen LogP contribution in [0.25, 0.3) is 23.4 Å². The second-order valence-electron chi connectivity index (χ2n) is 6.15. The molecule has 4 nitrogen and oxygen atoms in total.